The Morgan fingerprint density at radius 3 is 2.63 bits per heavy atom. The van der Waals surface area contributed by atoms with Gasteiger partial charge in [-0.05, 0) is 31.9 Å². The lowest BCUT2D eigenvalue weighted by Crippen LogP contribution is -2.37. The summed E-state index contributed by atoms with van der Waals surface area (Å²) in [5, 5.41) is 7.58. The second-order valence-corrected chi connectivity index (χ2v) is 6.66. The molecule has 0 aliphatic rings. The Labute approximate surface area is 187 Å². The number of guanidine groups is 1. The van der Waals surface area contributed by atoms with Crippen LogP contribution >= 0.6 is 47.2 Å². The van der Waals surface area contributed by atoms with Crippen molar-refractivity contribution >= 4 is 53.1 Å². The fourth-order valence-electron chi connectivity index (χ4n) is 2.50. The van der Waals surface area contributed by atoms with Gasteiger partial charge in [-0.25, -0.2) is 4.99 Å². The van der Waals surface area contributed by atoms with E-state index < -0.39 is 0 Å². The highest BCUT2D eigenvalue weighted by molar-refractivity contribution is 14.0. The molecule has 6 nitrogen and oxygen atoms in total. The van der Waals surface area contributed by atoms with E-state index in [2.05, 4.69) is 15.6 Å². The molecule has 0 saturated carbocycles. The van der Waals surface area contributed by atoms with Crippen molar-refractivity contribution in [3.05, 3.63) is 56.7 Å². The van der Waals surface area contributed by atoms with Gasteiger partial charge in [0.2, 0.25) is 5.56 Å². The smallest absolute Gasteiger partial charge is 0.250 e. The largest absolute Gasteiger partial charge is 0.357 e. The quantitative estimate of drug-likeness (QED) is 0.239. The molecule has 27 heavy (non-hydrogen) atoms. The fraction of sp³-hybridized carbons (Fsp3) is 0.444. The third kappa shape index (κ3) is 7.38. The molecule has 2 rings (SSSR count). The zero-order valence-corrected chi connectivity index (χ0v) is 19.4. The van der Waals surface area contributed by atoms with Crippen molar-refractivity contribution in [3.8, 4) is 0 Å². The molecular weight excluding hydrogens is 500 g/mol. The summed E-state index contributed by atoms with van der Waals surface area (Å²) in [7, 11) is 1.87. The van der Waals surface area contributed by atoms with Crippen LogP contribution in [0.5, 0.6) is 0 Å². The highest BCUT2D eigenvalue weighted by Gasteiger charge is 2.08. The van der Waals surface area contributed by atoms with E-state index in [1.165, 1.54) is 0 Å². The van der Waals surface area contributed by atoms with Gasteiger partial charge in [-0.15, -0.1) is 24.0 Å². The van der Waals surface area contributed by atoms with Gasteiger partial charge in [0.1, 0.15) is 5.15 Å². The molecule has 150 valence electrons. The van der Waals surface area contributed by atoms with Crippen molar-refractivity contribution in [2.24, 2.45) is 12.0 Å². The van der Waals surface area contributed by atoms with Crippen molar-refractivity contribution in [1.29, 1.82) is 0 Å². The molecule has 2 aromatic heterocycles. The number of hydrogen-bond donors (Lipinski definition) is 2. The minimum absolute atomic E-state index is 0. The standard InChI is InChI=1S/C18H25Cl2N5O.HI/c1-3-21-18(23-13-14-12-15(19)17(20)24(14)2)22-9-5-7-11-25-10-6-4-8-16(25)26;/h4,6,8,10,12H,3,5,7,9,11,13H2,1-2H3,(H2,21,22,23);1H. The Morgan fingerprint density at radius 2 is 2.00 bits per heavy atom. The maximum Gasteiger partial charge on any atom is 0.250 e. The average Bonchev–Trinajstić information content (AvgIpc) is 2.87. The van der Waals surface area contributed by atoms with Crippen LogP contribution in [0.15, 0.2) is 40.2 Å². The molecule has 0 aliphatic heterocycles. The minimum Gasteiger partial charge on any atom is -0.357 e. The number of aromatic nitrogens is 2. The lowest BCUT2D eigenvalue weighted by molar-refractivity contribution is 0.585. The zero-order chi connectivity index (χ0) is 18.9. The molecule has 9 heteroatoms. The van der Waals surface area contributed by atoms with Crippen molar-refractivity contribution in [3.63, 3.8) is 0 Å². The van der Waals surface area contributed by atoms with Gasteiger partial charge in [0.25, 0.3) is 0 Å². The van der Waals surface area contributed by atoms with E-state index in [1.807, 2.05) is 36.9 Å². The molecule has 0 aliphatic carbocycles. The van der Waals surface area contributed by atoms with E-state index in [4.69, 9.17) is 23.2 Å². The van der Waals surface area contributed by atoms with Crippen LogP contribution in [0.3, 0.4) is 0 Å². The maximum absolute atomic E-state index is 11.6. The number of halogens is 3. The molecule has 0 spiro atoms. The van der Waals surface area contributed by atoms with Crippen LogP contribution in [0.1, 0.15) is 25.5 Å². The van der Waals surface area contributed by atoms with Crippen molar-refractivity contribution < 1.29 is 0 Å². The van der Waals surface area contributed by atoms with E-state index in [-0.39, 0.29) is 29.5 Å². The number of unbranched alkanes of at least 4 members (excludes halogenated alkanes) is 1. The van der Waals surface area contributed by atoms with Gasteiger partial charge in [-0.1, -0.05) is 29.3 Å². The van der Waals surface area contributed by atoms with Gasteiger partial charge in [0.15, 0.2) is 5.96 Å². The Balaban J connectivity index is 0.00000364. The van der Waals surface area contributed by atoms with Gasteiger partial charge in [0, 0.05) is 44.6 Å². The molecule has 0 atom stereocenters. The van der Waals surface area contributed by atoms with Gasteiger partial charge < -0.3 is 19.8 Å². The van der Waals surface area contributed by atoms with Crippen LogP contribution in [0, 0.1) is 0 Å². The fourth-order valence-corrected chi connectivity index (χ4v) is 2.92. The molecule has 0 radical (unpaired) electrons. The predicted molar refractivity (Wildman–Crippen MR) is 124 cm³/mol. The van der Waals surface area contributed by atoms with Crippen LogP contribution in [0.4, 0.5) is 0 Å². The Bertz CT molecular complexity index is 803. The number of nitrogens with zero attached hydrogens (tertiary/aromatic N) is 3. The number of rotatable bonds is 8. The lowest BCUT2D eigenvalue weighted by Gasteiger charge is -2.12. The monoisotopic (exact) mass is 525 g/mol. The summed E-state index contributed by atoms with van der Waals surface area (Å²) in [5.41, 5.74) is 0.982. The Morgan fingerprint density at radius 1 is 1.22 bits per heavy atom. The first kappa shape index (κ1) is 23.8. The summed E-state index contributed by atoms with van der Waals surface area (Å²) in [5.74, 6) is 0.748. The Kier molecular flexibility index (Phi) is 10.9. The molecule has 0 bridgehead atoms. The molecule has 0 unspecified atom stereocenters. The summed E-state index contributed by atoms with van der Waals surface area (Å²) in [6.07, 6.45) is 3.67. The lowest BCUT2D eigenvalue weighted by atomic mass is 10.3. The molecule has 0 aromatic carbocycles. The van der Waals surface area contributed by atoms with E-state index in [9.17, 15) is 4.79 Å². The first-order chi connectivity index (χ1) is 12.5. The highest BCUT2D eigenvalue weighted by Crippen LogP contribution is 2.25. The third-order valence-electron chi connectivity index (χ3n) is 3.98. The SMILES string of the molecule is CCNC(=NCc1cc(Cl)c(Cl)n1C)NCCCCn1ccccc1=O.I. The molecular formula is C18H26Cl2IN5O. The summed E-state index contributed by atoms with van der Waals surface area (Å²) in [6, 6.07) is 7.04. The second-order valence-electron chi connectivity index (χ2n) is 5.89. The van der Waals surface area contributed by atoms with Gasteiger partial charge in [-0.3, -0.25) is 4.79 Å². The third-order valence-corrected chi connectivity index (χ3v) is 4.82. The van der Waals surface area contributed by atoms with E-state index in [0.717, 1.165) is 44.1 Å². The molecule has 2 heterocycles. The molecule has 2 N–H and O–H groups in total. The average molecular weight is 526 g/mol. The van der Waals surface area contributed by atoms with Gasteiger partial charge >= 0.3 is 0 Å². The topological polar surface area (TPSA) is 63.4 Å². The summed E-state index contributed by atoms with van der Waals surface area (Å²) < 4.78 is 3.55. The van der Waals surface area contributed by atoms with Crippen LogP contribution < -0.4 is 16.2 Å². The minimum atomic E-state index is 0. The molecule has 0 amide bonds. The van der Waals surface area contributed by atoms with Crippen LogP contribution in [-0.2, 0) is 20.1 Å². The summed E-state index contributed by atoms with van der Waals surface area (Å²) in [4.78, 5) is 16.2. The van der Waals surface area contributed by atoms with Crippen molar-refractivity contribution in [1.82, 2.24) is 19.8 Å². The summed E-state index contributed by atoms with van der Waals surface area (Å²) in [6.45, 7) is 4.78. The van der Waals surface area contributed by atoms with Gasteiger partial charge in [0.05, 0.1) is 11.6 Å². The number of aliphatic imine (C=N–C) groups is 1. The van der Waals surface area contributed by atoms with E-state index >= 15 is 0 Å². The highest BCUT2D eigenvalue weighted by atomic mass is 127. The predicted octanol–water partition coefficient (Wildman–Crippen LogP) is 3.65. The first-order valence-corrected chi connectivity index (χ1v) is 9.45. The van der Waals surface area contributed by atoms with Gasteiger partial charge in [-0.2, -0.15) is 0 Å². The number of pyridine rings is 1. The van der Waals surface area contributed by atoms with Crippen molar-refractivity contribution in [2.75, 3.05) is 13.1 Å². The second kappa shape index (κ2) is 12.3. The van der Waals surface area contributed by atoms with Crippen LogP contribution in [-0.4, -0.2) is 28.2 Å². The summed E-state index contributed by atoms with van der Waals surface area (Å²) >= 11 is 12.1. The van der Waals surface area contributed by atoms with Crippen LogP contribution in [0.2, 0.25) is 10.2 Å². The zero-order valence-electron chi connectivity index (χ0n) is 15.5. The van der Waals surface area contributed by atoms with E-state index in [0.29, 0.717) is 16.7 Å². The Hall–Kier alpha value is -1.19. The number of hydrogen-bond acceptors (Lipinski definition) is 2. The van der Waals surface area contributed by atoms with E-state index in [1.54, 1.807) is 16.7 Å². The first-order valence-electron chi connectivity index (χ1n) is 8.70. The normalized spacial score (nSPS) is 11.2. The van der Waals surface area contributed by atoms with Crippen molar-refractivity contribution in [2.45, 2.75) is 32.9 Å². The number of nitrogens with one attached hydrogen (secondary N) is 2. The molecule has 0 fully saturated rings. The maximum atomic E-state index is 11.6. The number of aryl methyl sites for hydroxylation is 1. The van der Waals surface area contributed by atoms with Crippen LogP contribution in [0.25, 0.3) is 0 Å². The molecule has 2 aromatic rings. The molecule has 0 saturated heterocycles.